The van der Waals surface area contributed by atoms with Gasteiger partial charge in [-0.1, -0.05) is 30.2 Å². The number of fused-ring (bicyclic) bond motifs is 2. The molecule has 1 fully saturated rings. The summed E-state index contributed by atoms with van der Waals surface area (Å²) in [5.41, 5.74) is 3.50. The molecule has 6 rings (SSSR count). The van der Waals surface area contributed by atoms with Crippen LogP contribution in [-0.4, -0.2) is 33.4 Å². The molecule has 0 radical (unpaired) electrons. The summed E-state index contributed by atoms with van der Waals surface area (Å²) < 4.78 is 5.53. The second-order valence-electron chi connectivity index (χ2n) is 8.62. The van der Waals surface area contributed by atoms with Gasteiger partial charge in [0.05, 0.1) is 22.1 Å². The summed E-state index contributed by atoms with van der Waals surface area (Å²) in [4.78, 5) is 37.0. The van der Waals surface area contributed by atoms with Crippen molar-refractivity contribution in [3.8, 4) is 5.75 Å². The normalized spacial score (nSPS) is 16.2. The molecule has 8 nitrogen and oxygen atoms in total. The van der Waals surface area contributed by atoms with Gasteiger partial charge < -0.3 is 20.4 Å². The topological polar surface area (TPSA) is 109 Å². The molecule has 170 valence electrons. The van der Waals surface area contributed by atoms with Crippen molar-refractivity contribution >= 4 is 46.0 Å². The van der Waals surface area contributed by atoms with E-state index < -0.39 is 0 Å². The standard InChI is InChI=1S/C25H20ClN5O3/c26-16-4-1-3-14(9-16)23(33)31-21-6-5-15(12-27-21)25(7-2-8-25)24-29-17-10-19-20(11-18(17)30-24)34-13-22(32)28-19/h1,3-6,9-12H,2,7-8,13H2,(H,28,32)(H,29,30)(H,27,31,33). The Hall–Kier alpha value is -3.91. The molecule has 0 saturated heterocycles. The highest BCUT2D eigenvalue weighted by Crippen LogP contribution is 2.48. The summed E-state index contributed by atoms with van der Waals surface area (Å²) in [7, 11) is 0. The first kappa shape index (κ1) is 20.7. The van der Waals surface area contributed by atoms with Gasteiger partial charge in [-0.2, -0.15) is 0 Å². The van der Waals surface area contributed by atoms with E-state index in [2.05, 4.69) is 20.6 Å². The lowest BCUT2D eigenvalue weighted by atomic mass is 9.64. The van der Waals surface area contributed by atoms with E-state index in [1.165, 1.54) is 0 Å². The molecule has 3 heterocycles. The third-order valence-corrected chi connectivity index (χ3v) is 6.76. The molecule has 34 heavy (non-hydrogen) atoms. The van der Waals surface area contributed by atoms with Crippen molar-refractivity contribution in [3.63, 3.8) is 0 Å². The third kappa shape index (κ3) is 3.47. The summed E-state index contributed by atoms with van der Waals surface area (Å²) in [6, 6.07) is 14.3. The van der Waals surface area contributed by atoms with Gasteiger partial charge in [-0.05, 0) is 48.7 Å². The summed E-state index contributed by atoms with van der Waals surface area (Å²) in [6.45, 7) is 0.00555. The minimum absolute atomic E-state index is 0.00555. The van der Waals surface area contributed by atoms with E-state index in [0.29, 0.717) is 27.8 Å². The van der Waals surface area contributed by atoms with Gasteiger partial charge in [0.1, 0.15) is 17.4 Å². The summed E-state index contributed by atoms with van der Waals surface area (Å²) >= 11 is 5.99. The van der Waals surface area contributed by atoms with Gasteiger partial charge in [-0.15, -0.1) is 0 Å². The maximum Gasteiger partial charge on any atom is 0.262 e. The number of anilines is 2. The van der Waals surface area contributed by atoms with Crippen molar-refractivity contribution in [3.05, 3.63) is 76.7 Å². The fraction of sp³-hybridized carbons (Fsp3) is 0.200. The van der Waals surface area contributed by atoms with Crippen molar-refractivity contribution in [1.82, 2.24) is 15.0 Å². The number of pyridine rings is 1. The van der Waals surface area contributed by atoms with Crippen LogP contribution in [0.15, 0.2) is 54.7 Å². The highest BCUT2D eigenvalue weighted by molar-refractivity contribution is 6.31. The number of halogens is 1. The molecule has 2 amide bonds. The number of H-pyrrole nitrogens is 1. The van der Waals surface area contributed by atoms with Crippen LogP contribution in [0, 0.1) is 0 Å². The zero-order valence-electron chi connectivity index (χ0n) is 18.0. The molecule has 0 unspecified atom stereocenters. The fourth-order valence-corrected chi connectivity index (χ4v) is 4.76. The Morgan fingerprint density at radius 2 is 2.03 bits per heavy atom. The van der Waals surface area contributed by atoms with E-state index in [1.807, 2.05) is 24.3 Å². The molecule has 3 N–H and O–H groups in total. The van der Waals surface area contributed by atoms with Crippen molar-refractivity contribution in [2.24, 2.45) is 0 Å². The van der Waals surface area contributed by atoms with E-state index in [-0.39, 0.29) is 23.8 Å². The second-order valence-corrected chi connectivity index (χ2v) is 9.06. The van der Waals surface area contributed by atoms with Crippen LogP contribution in [0.25, 0.3) is 11.0 Å². The number of hydrogen-bond acceptors (Lipinski definition) is 5. The monoisotopic (exact) mass is 473 g/mol. The van der Waals surface area contributed by atoms with Gasteiger partial charge in [0.15, 0.2) is 6.61 Å². The number of carbonyl (C=O) groups is 2. The molecule has 0 spiro atoms. The van der Waals surface area contributed by atoms with Gasteiger partial charge in [0.25, 0.3) is 11.8 Å². The van der Waals surface area contributed by atoms with Crippen LogP contribution in [0.2, 0.25) is 5.02 Å². The average molecular weight is 474 g/mol. The van der Waals surface area contributed by atoms with E-state index in [4.69, 9.17) is 21.3 Å². The summed E-state index contributed by atoms with van der Waals surface area (Å²) in [5.74, 6) is 1.51. The number of aromatic nitrogens is 3. The minimum Gasteiger partial charge on any atom is -0.481 e. The molecule has 1 aliphatic carbocycles. The minimum atomic E-state index is -0.272. The first-order chi connectivity index (χ1) is 16.5. The third-order valence-electron chi connectivity index (χ3n) is 6.52. The average Bonchev–Trinajstić information content (AvgIpc) is 3.20. The SMILES string of the molecule is O=C1COc2cc3nc(C4(c5ccc(NC(=O)c6cccc(Cl)c6)nc5)CCC4)[nH]c3cc2N1. The predicted molar refractivity (Wildman–Crippen MR) is 128 cm³/mol. The van der Waals surface area contributed by atoms with Gasteiger partial charge in [-0.25, -0.2) is 9.97 Å². The molecule has 0 bridgehead atoms. The molecular formula is C25H20ClN5O3. The lowest BCUT2D eigenvalue weighted by molar-refractivity contribution is -0.118. The molecule has 1 saturated carbocycles. The molecule has 2 aromatic carbocycles. The Labute approximate surface area is 199 Å². The zero-order valence-corrected chi connectivity index (χ0v) is 18.8. The van der Waals surface area contributed by atoms with Gasteiger partial charge in [0.2, 0.25) is 0 Å². The number of nitrogens with one attached hydrogen (secondary N) is 3. The molecule has 2 aliphatic rings. The Morgan fingerprint density at radius 1 is 1.15 bits per heavy atom. The summed E-state index contributed by atoms with van der Waals surface area (Å²) in [6.07, 6.45) is 4.76. The van der Waals surface area contributed by atoms with Gasteiger partial charge in [0, 0.05) is 22.8 Å². The van der Waals surface area contributed by atoms with Crippen LogP contribution in [0.1, 0.15) is 41.0 Å². The number of nitrogens with zero attached hydrogens (tertiary/aromatic N) is 2. The first-order valence-electron chi connectivity index (χ1n) is 11.0. The molecule has 9 heteroatoms. The van der Waals surface area contributed by atoms with Crippen LogP contribution in [0.4, 0.5) is 11.5 Å². The smallest absolute Gasteiger partial charge is 0.262 e. The molecule has 4 aromatic rings. The van der Waals surface area contributed by atoms with Gasteiger partial charge in [-0.3, -0.25) is 9.59 Å². The van der Waals surface area contributed by atoms with Crippen molar-refractivity contribution < 1.29 is 14.3 Å². The second kappa shape index (κ2) is 7.85. The molecule has 2 aromatic heterocycles. The first-order valence-corrected chi connectivity index (χ1v) is 11.4. The zero-order chi connectivity index (χ0) is 23.3. The maximum atomic E-state index is 12.5. The Morgan fingerprint density at radius 3 is 2.76 bits per heavy atom. The van der Waals surface area contributed by atoms with Crippen LogP contribution in [0.3, 0.4) is 0 Å². The number of hydrogen-bond donors (Lipinski definition) is 3. The lowest BCUT2D eigenvalue weighted by Crippen LogP contribution is -2.36. The van der Waals surface area contributed by atoms with Crippen LogP contribution in [0.5, 0.6) is 5.75 Å². The Kier molecular flexibility index (Phi) is 4.77. The number of rotatable bonds is 4. The lowest BCUT2D eigenvalue weighted by Gasteiger charge is -2.40. The molecular weight excluding hydrogens is 454 g/mol. The summed E-state index contributed by atoms with van der Waals surface area (Å²) in [5, 5.41) is 6.15. The van der Waals surface area contributed by atoms with Crippen LogP contribution < -0.4 is 15.4 Å². The highest BCUT2D eigenvalue weighted by Gasteiger charge is 2.43. The van der Waals surface area contributed by atoms with E-state index >= 15 is 0 Å². The van der Waals surface area contributed by atoms with Crippen LogP contribution >= 0.6 is 11.6 Å². The largest absolute Gasteiger partial charge is 0.481 e. The van der Waals surface area contributed by atoms with Crippen LogP contribution in [-0.2, 0) is 10.2 Å². The number of benzene rings is 2. The van der Waals surface area contributed by atoms with Gasteiger partial charge >= 0.3 is 0 Å². The number of amides is 2. The van der Waals surface area contributed by atoms with Crippen molar-refractivity contribution in [1.29, 1.82) is 0 Å². The van der Waals surface area contributed by atoms with E-state index in [0.717, 1.165) is 41.7 Å². The van der Waals surface area contributed by atoms with E-state index in [9.17, 15) is 9.59 Å². The Bertz CT molecular complexity index is 1440. The Balaban J connectivity index is 1.28. The number of imidazole rings is 1. The molecule has 1 aliphatic heterocycles. The predicted octanol–water partition coefficient (Wildman–Crippen LogP) is 4.66. The van der Waals surface area contributed by atoms with E-state index in [1.54, 1.807) is 30.5 Å². The number of ether oxygens (including phenoxy) is 1. The number of aromatic amines is 1. The van der Waals surface area contributed by atoms with Crippen molar-refractivity contribution in [2.75, 3.05) is 17.2 Å². The number of carbonyl (C=O) groups excluding carboxylic acids is 2. The quantitative estimate of drug-likeness (QED) is 0.399. The molecule has 0 atom stereocenters. The van der Waals surface area contributed by atoms with Crippen molar-refractivity contribution in [2.45, 2.75) is 24.7 Å². The maximum absolute atomic E-state index is 12.5. The fourth-order valence-electron chi connectivity index (χ4n) is 4.57. The highest BCUT2D eigenvalue weighted by atomic mass is 35.5.